The molecule has 0 saturated carbocycles. The van der Waals surface area contributed by atoms with Gasteiger partial charge in [0, 0.05) is 49.0 Å². The maximum Gasteiger partial charge on any atom is 0.164 e. The van der Waals surface area contributed by atoms with Gasteiger partial charge in [0.1, 0.15) is 0 Å². The predicted octanol–water partition coefficient (Wildman–Crippen LogP) is 11.7. The van der Waals surface area contributed by atoms with Crippen LogP contribution in [0, 0.1) is 0 Å². The molecule has 5 heteroatoms. The highest BCUT2D eigenvalue weighted by atomic mass is 15.0. The molecule has 240 valence electrons. The topological polar surface area (TPSA) is 47.5 Å². The lowest BCUT2D eigenvalue weighted by Crippen LogP contribution is -2.01. The van der Waals surface area contributed by atoms with Gasteiger partial charge >= 0.3 is 0 Å². The van der Waals surface area contributed by atoms with Crippen LogP contribution in [0.5, 0.6) is 0 Å². The SMILES string of the molecule is c1ccc(-c2nc(-c3ccccc3)nc(-c3cc4ccc5ccc6c7ccccc7n7c8cccc9c%10ccccc%10n(c(c3)c4c5c67)c98)n2)cc1. The highest BCUT2D eigenvalue weighted by molar-refractivity contribution is 6.30. The van der Waals surface area contributed by atoms with Gasteiger partial charge in [-0.2, -0.15) is 0 Å². The zero-order valence-electron chi connectivity index (χ0n) is 27.8. The zero-order chi connectivity index (χ0) is 33.9. The number of aromatic nitrogens is 5. The molecule has 5 nitrogen and oxygen atoms in total. The van der Waals surface area contributed by atoms with E-state index >= 15 is 0 Å². The summed E-state index contributed by atoms with van der Waals surface area (Å²) < 4.78 is 4.99. The first-order chi connectivity index (χ1) is 25.8. The van der Waals surface area contributed by atoms with Crippen molar-refractivity contribution in [2.24, 2.45) is 0 Å². The van der Waals surface area contributed by atoms with Crippen molar-refractivity contribution in [2.75, 3.05) is 0 Å². The average molecular weight is 662 g/mol. The van der Waals surface area contributed by atoms with Gasteiger partial charge in [0.05, 0.1) is 33.1 Å². The Morgan fingerprint density at radius 2 is 0.808 bits per heavy atom. The molecule has 12 aromatic rings. The van der Waals surface area contributed by atoms with E-state index in [0.29, 0.717) is 17.5 Å². The summed E-state index contributed by atoms with van der Waals surface area (Å²) in [5, 5.41) is 9.77. The molecule has 0 N–H and O–H groups in total. The molecule has 0 aliphatic heterocycles. The van der Waals surface area contributed by atoms with Crippen molar-refractivity contribution in [1.82, 2.24) is 23.8 Å². The summed E-state index contributed by atoms with van der Waals surface area (Å²) in [7, 11) is 0. The van der Waals surface area contributed by atoms with Crippen molar-refractivity contribution in [3.8, 4) is 34.2 Å². The van der Waals surface area contributed by atoms with E-state index in [4.69, 9.17) is 15.0 Å². The number of fused-ring (bicyclic) bond motifs is 8. The second kappa shape index (κ2) is 10.2. The summed E-state index contributed by atoms with van der Waals surface area (Å²) in [5.74, 6) is 1.94. The van der Waals surface area contributed by atoms with Gasteiger partial charge in [0.2, 0.25) is 0 Å². The van der Waals surface area contributed by atoms with E-state index < -0.39 is 0 Å². The summed E-state index contributed by atoms with van der Waals surface area (Å²) in [6.45, 7) is 0. The number of hydrogen-bond acceptors (Lipinski definition) is 3. The van der Waals surface area contributed by atoms with Crippen molar-refractivity contribution in [2.45, 2.75) is 0 Å². The molecular weight excluding hydrogens is 635 g/mol. The van der Waals surface area contributed by atoms with Gasteiger partial charge in [-0.25, -0.2) is 15.0 Å². The fraction of sp³-hybridized carbons (Fsp3) is 0. The largest absolute Gasteiger partial charge is 0.307 e. The molecule has 0 spiro atoms. The number of benzene rings is 8. The van der Waals surface area contributed by atoms with Crippen LogP contribution in [-0.4, -0.2) is 23.8 Å². The first-order valence-corrected chi connectivity index (χ1v) is 17.6. The van der Waals surface area contributed by atoms with Crippen LogP contribution in [0.1, 0.15) is 0 Å². The number of para-hydroxylation sites is 3. The van der Waals surface area contributed by atoms with E-state index in [1.54, 1.807) is 0 Å². The lowest BCUT2D eigenvalue weighted by Gasteiger charge is -2.16. The maximum atomic E-state index is 5.17. The summed E-state index contributed by atoms with van der Waals surface area (Å²) in [4.78, 5) is 15.3. The summed E-state index contributed by atoms with van der Waals surface area (Å²) >= 11 is 0. The van der Waals surface area contributed by atoms with Crippen LogP contribution >= 0.6 is 0 Å². The third-order valence-electron chi connectivity index (χ3n) is 10.8. The quantitative estimate of drug-likeness (QED) is 0.177. The molecular formula is C47H27N5. The van der Waals surface area contributed by atoms with Gasteiger partial charge < -0.3 is 8.80 Å². The van der Waals surface area contributed by atoms with E-state index in [0.717, 1.165) is 33.1 Å². The van der Waals surface area contributed by atoms with Gasteiger partial charge in [-0.1, -0.05) is 133 Å². The molecule has 0 atom stereocenters. The Morgan fingerprint density at radius 1 is 0.308 bits per heavy atom. The van der Waals surface area contributed by atoms with Gasteiger partial charge in [-0.05, 0) is 41.1 Å². The van der Waals surface area contributed by atoms with E-state index in [9.17, 15) is 0 Å². The second-order valence-corrected chi connectivity index (χ2v) is 13.6. The molecule has 4 heterocycles. The van der Waals surface area contributed by atoms with Crippen molar-refractivity contribution >= 4 is 76.2 Å². The van der Waals surface area contributed by atoms with Crippen LogP contribution in [0.25, 0.3) is 110 Å². The number of nitrogens with zero attached hydrogens (tertiary/aromatic N) is 5. The maximum absolute atomic E-state index is 5.17. The molecule has 0 bridgehead atoms. The van der Waals surface area contributed by atoms with Crippen molar-refractivity contribution in [1.29, 1.82) is 0 Å². The molecule has 8 aromatic carbocycles. The Labute approximate surface area is 297 Å². The Balaban J connectivity index is 1.32. The van der Waals surface area contributed by atoms with Gasteiger partial charge in [-0.15, -0.1) is 0 Å². The lowest BCUT2D eigenvalue weighted by atomic mass is 9.96. The van der Waals surface area contributed by atoms with Crippen molar-refractivity contribution in [3.05, 3.63) is 164 Å². The first kappa shape index (κ1) is 27.7. The van der Waals surface area contributed by atoms with E-state index in [-0.39, 0.29) is 0 Å². The summed E-state index contributed by atoms with van der Waals surface area (Å²) in [6.07, 6.45) is 0. The number of rotatable bonds is 3. The Kier molecular flexibility index (Phi) is 5.44. The van der Waals surface area contributed by atoms with Crippen molar-refractivity contribution in [3.63, 3.8) is 0 Å². The minimum absolute atomic E-state index is 0.640. The molecule has 0 saturated heterocycles. The fourth-order valence-corrected chi connectivity index (χ4v) is 8.63. The predicted molar refractivity (Wildman–Crippen MR) is 214 cm³/mol. The second-order valence-electron chi connectivity index (χ2n) is 13.6. The van der Waals surface area contributed by atoms with Crippen LogP contribution in [0.15, 0.2) is 164 Å². The van der Waals surface area contributed by atoms with Crippen LogP contribution in [0.2, 0.25) is 0 Å². The van der Waals surface area contributed by atoms with Crippen LogP contribution in [0.3, 0.4) is 0 Å². The number of hydrogen-bond donors (Lipinski definition) is 0. The molecule has 12 rings (SSSR count). The van der Waals surface area contributed by atoms with E-state index in [1.807, 2.05) is 36.4 Å². The average Bonchev–Trinajstić information content (AvgIpc) is 3.73. The van der Waals surface area contributed by atoms with Gasteiger partial charge in [0.25, 0.3) is 0 Å². The standard InChI is InChI=1S/C47H27N5/c1-3-12-29(13-4-1)45-48-46(30-14-5-2-6-15-30)50-47(49-45)32-26-31-23-22-28-24-25-36-34-17-8-9-19-37(34)51-39-21-11-18-35-33-16-7-10-20-38(33)52(43(35)39)40(27-32)41(31)42(28)44(36)51/h1-27H. The minimum atomic E-state index is 0.640. The molecule has 52 heavy (non-hydrogen) atoms. The highest BCUT2D eigenvalue weighted by Gasteiger charge is 2.22. The third kappa shape index (κ3) is 3.69. The van der Waals surface area contributed by atoms with Gasteiger partial charge in [-0.3, -0.25) is 0 Å². The molecule has 0 unspecified atom stereocenters. The third-order valence-corrected chi connectivity index (χ3v) is 10.8. The molecule has 0 aliphatic rings. The molecule has 4 aromatic heterocycles. The van der Waals surface area contributed by atoms with Crippen LogP contribution in [0.4, 0.5) is 0 Å². The monoisotopic (exact) mass is 661 g/mol. The first-order valence-electron chi connectivity index (χ1n) is 17.6. The van der Waals surface area contributed by atoms with Crippen molar-refractivity contribution < 1.29 is 0 Å². The van der Waals surface area contributed by atoms with E-state index in [1.165, 1.54) is 59.8 Å². The Morgan fingerprint density at radius 3 is 1.48 bits per heavy atom. The van der Waals surface area contributed by atoms with E-state index in [2.05, 4.69) is 136 Å². The van der Waals surface area contributed by atoms with Crippen LogP contribution in [-0.2, 0) is 0 Å². The zero-order valence-corrected chi connectivity index (χ0v) is 27.8. The normalized spacial score (nSPS) is 12.2. The molecule has 0 aliphatic carbocycles. The summed E-state index contributed by atoms with van der Waals surface area (Å²) in [6, 6.07) is 58.4. The molecule has 0 fully saturated rings. The smallest absolute Gasteiger partial charge is 0.164 e. The van der Waals surface area contributed by atoms with Crippen LogP contribution < -0.4 is 0 Å². The Hall–Kier alpha value is -7.11. The van der Waals surface area contributed by atoms with Gasteiger partial charge in [0.15, 0.2) is 17.5 Å². The highest BCUT2D eigenvalue weighted by Crippen LogP contribution is 2.44. The molecule has 0 amide bonds. The molecule has 0 radical (unpaired) electrons. The Bertz CT molecular complexity index is 3340. The minimum Gasteiger partial charge on any atom is -0.307 e. The lowest BCUT2D eigenvalue weighted by molar-refractivity contribution is 1.07. The summed E-state index contributed by atoms with van der Waals surface area (Å²) in [5.41, 5.74) is 9.91. The fourth-order valence-electron chi connectivity index (χ4n) is 8.63.